The number of ether oxygens (including phenoxy) is 3. The Balaban J connectivity index is 0.000000160. The zero-order chi connectivity index (χ0) is 88.2. The molecule has 0 bridgehead atoms. The fourth-order valence-electron chi connectivity index (χ4n) is 18.0. The molecule has 3 unspecified atom stereocenters. The third-order valence-electron chi connectivity index (χ3n) is 24.6. The predicted octanol–water partition coefficient (Wildman–Crippen LogP) is 9.82. The molecule has 0 saturated carbocycles. The topological polar surface area (TPSA) is 292 Å². The van der Waals surface area contributed by atoms with E-state index in [4.69, 9.17) is 34.1 Å². The molecule has 29 nitrogen and oxygen atoms in total. The maximum absolute atomic E-state index is 13.8. The zero-order valence-corrected chi connectivity index (χ0v) is 69.8. The number of fused-ring (bicyclic) bond motifs is 3. The number of aromatic nitrogens is 8. The molecule has 3 amide bonds. The number of likely N-dealkylation sites (tertiary alicyclic amines) is 3. The van der Waals surface area contributed by atoms with Crippen LogP contribution in [0.1, 0.15) is 108 Å². The quantitative estimate of drug-likeness (QED) is 0.0451. The van der Waals surface area contributed by atoms with E-state index >= 15 is 0 Å². The van der Waals surface area contributed by atoms with Gasteiger partial charge in [-0.1, -0.05) is 37.9 Å². The van der Waals surface area contributed by atoms with Crippen LogP contribution >= 0.6 is 0 Å². The van der Waals surface area contributed by atoms with Gasteiger partial charge in [0.25, 0.3) is 0 Å². The summed E-state index contributed by atoms with van der Waals surface area (Å²) in [4.78, 5) is 96.7. The highest BCUT2D eigenvalue weighted by molar-refractivity contribution is 5.88. The van der Waals surface area contributed by atoms with Gasteiger partial charge in [0.15, 0.2) is 0 Å². The highest BCUT2D eigenvalue weighted by Crippen LogP contribution is 2.43. The lowest BCUT2D eigenvalue weighted by molar-refractivity contribution is -0.138. The van der Waals surface area contributed by atoms with E-state index in [1.807, 2.05) is 28.8 Å². The molecule has 0 spiro atoms. The number of halogens is 9. The number of likely N-dealkylation sites (N-methyl/N-ethyl adjacent to an activating group) is 3. The fraction of sp³-hybridized carbons (Fsp3) is 0.535. The first kappa shape index (κ1) is 90.0. The largest absolute Gasteiger partial charge is 0.462 e. The first-order valence-electron chi connectivity index (χ1n) is 41.8. The molecule has 6 saturated heterocycles. The number of hydrogen-bond donors (Lipinski definition) is 0. The Morgan fingerprint density at radius 3 is 1.20 bits per heavy atom. The minimum Gasteiger partial charge on any atom is -0.462 e. The number of carbonyl (C=O) groups excluding carboxylic acids is 3. The predicted molar refractivity (Wildman–Crippen MR) is 443 cm³/mol. The van der Waals surface area contributed by atoms with Gasteiger partial charge in [-0.05, 0) is 147 Å². The molecule has 9 aliphatic rings. The Labute approximate surface area is 714 Å². The van der Waals surface area contributed by atoms with Crippen LogP contribution in [-0.2, 0) is 72.1 Å². The molecule has 0 N–H and O–H groups in total. The van der Waals surface area contributed by atoms with E-state index in [0.717, 1.165) is 87.1 Å². The molecule has 38 heteroatoms. The number of nitriles is 3. The first-order chi connectivity index (χ1) is 59.5. The molecule has 0 aliphatic carbocycles. The van der Waals surface area contributed by atoms with Crippen LogP contribution in [-0.4, -0.2) is 269 Å². The monoisotopic (exact) mass is 1720 g/mol. The van der Waals surface area contributed by atoms with Gasteiger partial charge in [-0.3, -0.25) is 19.4 Å². The van der Waals surface area contributed by atoms with E-state index in [9.17, 15) is 69.7 Å². The van der Waals surface area contributed by atoms with Crippen LogP contribution in [0.25, 0.3) is 0 Å². The van der Waals surface area contributed by atoms with Crippen molar-refractivity contribution in [3.63, 3.8) is 0 Å². The number of para-hydroxylation sites is 1. The van der Waals surface area contributed by atoms with E-state index < -0.39 is 36.1 Å². The molecule has 5 aromatic heterocycles. The van der Waals surface area contributed by atoms with Crippen LogP contribution < -0.4 is 43.6 Å². The van der Waals surface area contributed by atoms with Gasteiger partial charge in [0.05, 0.1) is 116 Å². The fourth-order valence-corrected chi connectivity index (χ4v) is 18.0. The highest BCUT2D eigenvalue weighted by Gasteiger charge is 2.43. The van der Waals surface area contributed by atoms with Crippen LogP contribution in [0.2, 0.25) is 0 Å². The van der Waals surface area contributed by atoms with Crippen molar-refractivity contribution in [3.8, 4) is 36.2 Å². The maximum Gasteiger partial charge on any atom is 0.419 e. The van der Waals surface area contributed by atoms with Crippen LogP contribution in [0.3, 0.4) is 0 Å². The van der Waals surface area contributed by atoms with E-state index in [1.165, 1.54) is 48.8 Å². The number of amides is 3. The lowest BCUT2D eigenvalue weighted by Gasteiger charge is -2.42. The Hall–Kier alpha value is -11.7. The Morgan fingerprint density at radius 1 is 0.444 bits per heavy atom. The molecular formula is C86H102F9N23O6. The number of carbonyl (C=O) groups is 3. The van der Waals surface area contributed by atoms with Crippen molar-refractivity contribution in [1.29, 1.82) is 15.8 Å². The first-order valence-corrected chi connectivity index (χ1v) is 41.8. The van der Waals surface area contributed by atoms with Gasteiger partial charge in [0.1, 0.15) is 43.1 Å². The second-order valence-electron chi connectivity index (χ2n) is 32.3. The maximum atomic E-state index is 13.8. The molecule has 124 heavy (non-hydrogen) atoms. The minimum absolute atomic E-state index is 0.0546. The Morgan fingerprint density at radius 2 is 0.831 bits per heavy atom. The SMILES string of the molecule is C=CC(=O)N1CCN(c2nc(OC[C@@H]3CCCN3C)nc3c2CCN(c2ccccc2CC(F)(F)F)C3)CC1CC#N.C=CC(=O)N1CCN(c2nc(OC[C@@H]3CCCN3C)nc3c2CCN(c2ccncc2C(F)(F)F)C3)CC1CC#N.C=CC(=O)N1CCN(c2nc(OC[C@@H]3CCCN3C)nc3c2CCN(c2ncccc2C(F)(F)F)C3)CC1CC#N. The number of piperazine rings is 3. The van der Waals surface area contributed by atoms with Gasteiger partial charge in [-0.25, -0.2) is 4.98 Å². The van der Waals surface area contributed by atoms with Crippen LogP contribution in [0.4, 0.5) is 74.2 Å². The summed E-state index contributed by atoms with van der Waals surface area (Å²) in [6, 6.07) is 17.1. The highest BCUT2D eigenvalue weighted by atomic mass is 19.4. The lowest BCUT2D eigenvalue weighted by atomic mass is 10.0. The molecule has 6 atom stereocenters. The van der Waals surface area contributed by atoms with Crippen molar-refractivity contribution in [2.75, 3.05) is 169 Å². The standard InChI is InChI=1S/C30H36F3N7O2.2C28H33F3N8O2/c1-3-27(41)40-16-15-39(18-22(40)10-12-34)28-24-11-14-38(26-9-5-4-7-21(26)17-30(31,32)33)19-25(24)35-29(36-28)42-20-23-8-6-13-37(23)2;1-3-24(40)39-15-14-38(16-19(39)8-10-32)25-21-9-13-37(26-22(28(29,30)31)7-4-11-33-26)17-23(21)34-27(35-25)41-18-20-6-5-12-36(20)2;1-3-25(40)39-14-13-38(16-19(39)6-9-32)26-21-8-12-37(24-7-10-33-15-22(24)28(29,30)31)17-23(21)34-27(35-26)41-18-20-5-4-11-36(20)2/h3-5,7,9,22-23H,1,6,8,10-11,13-20H2,2H3;3-4,7,11,19-20H,1,5-6,8-9,12-18H2,2H3;3,7,10,15,19-20H,1,4-6,8,11-14,16-18H2,2H3/t22?,23-;2*19?,20-/m000/s1. The van der Waals surface area contributed by atoms with Gasteiger partial charge in [0, 0.05) is 138 Å². The second-order valence-corrected chi connectivity index (χ2v) is 32.3. The normalized spacial score (nSPS) is 21.3. The van der Waals surface area contributed by atoms with Gasteiger partial charge in [-0.15, -0.1) is 0 Å². The summed E-state index contributed by atoms with van der Waals surface area (Å²) in [5.74, 6) is 1.17. The number of rotatable bonds is 22. The van der Waals surface area contributed by atoms with E-state index in [0.29, 0.717) is 164 Å². The van der Waals surface area contributed by atoms with Crippen molar-refractivity contribution >= 4 is 52.4 Å². The van der Waals surface area contributed by atoms with E-state index in [-0.39, 0.29) is 121 Å². The molecule has 14 heterocycles. The second kappa shape index (κ2) is 39.9. The molecule has 6 aromatic rings. The molecule has 15 rings (SSSR count). The summed E-state index contributed by atoms with van der Waals surface area (Å²) in [6.45, 7) is 20.5. The van der Waals surface area contributed by atoms with Gasteiger partial charge < -0.3 is 73.0 Å². The Bertz CT molecular complexity index is 4760. The number of hydrogen-bond acceptors (Lipinski definition) is 26. The summed E-state index contributed by atoms with van der Waals surface area (Å²) in [6.07, 6.45) is 1.03. The summed E-state index contributed by atoms with van der Waals surface area (Å²) in [7, 11) is 6.16. The van der Waals surface area contributed by atoms with Gasteiger partial charge in [0.2, 0.25) is 17.7 Å². The van der Waals surface area contributed by atoms with Crippen molar-refractivity contribution in [1.82, 2.24) is 69.3 Å². The molecule has 0 radical (unpaired) electrons. The average Bonchev–Trinajstić information content (AvgIpc) is 0.927. The van der Waals surface area contributed by atoms with Crippen LogP contribution in [0.15, 0.2) is 99.0 Å². The average molecular weight is 1720 g/mol. The third kappa shape index (κ3) is 21.4. The molecular weight excluding hydrogens is 1620 g/mol. The van der Waals surface area contributed by atoms with Crippen molar-refractivity contribution in [2.24, 2.45) is 0 Å². The van der Waals surface area contributed by atoms with Gasteiger partial charge >= 0.3 is 36.6 Å². The minimum atomic E-state index is -4.54. The smallest absolute Gasteiger partial charge is 0.419 e. The summed E-state index contributed by atoms with van der Waals surface area (Å²) in [5.41, 5.74) is 3.73. The summed E-state index contributed by atoms with van der Waals surface area (Å²) < 4.78 is 141. The van der Waals surface area contributed by atoms with Crippen LogP contribution in [0.5, 0.6) is 18.0 Å². The van der Waals surface area contributed by atoms with E-state index in [1.54, 1.807) is 42.7 Å². The number of nitrogens with zero attached hydrogens (tertiary/aromatic N) is 23. The summed E-state index contributed by atoms with van der Waals surface area (Å²) >= 11 is 0. The van der Waals surface area contributed by atoms with Crippen molar-refractivity contribution < 1.29 is 68.1 Å². The van der Waals surface area contributed by atoms with Crippen LogP contribution in [0, 0.1) is 34.0 Å². The molecule has 660 valence electrons. The van der Waals surface area contributed by atoms with Crippen molar-refractivity contribution in [2.45, 2.75) is 158 Å². The molecule has 1 aromatic carbocycles. The summed E-state index contributed by atoms with van der Waals surface area (Å²) in [5, 5.41) is 28.3. The lowest BCUT2D eigenvalue weighted by Crippen LogP contribution is -2.55. The number of anilines is 6. The Kier molecular flexibility index (Phi) is 29.0. The van der Waals surface area contributed by atoms with E-state index in [2.05, 4.69) is 84.5 Å². The molecule has 6 fully saturated rings. The number of benzene rings is 1. The number of alkyl halides is 9. The zero-order valence-electron chi connectivity index (χ0n) is 69.8. The van der Waals surface area contributed by atoms with Gasteiger partial charge in [-0.2, -0.15) is 85.2 Å². The number of pyridine rings is 2. The molecule has 9 aliphatic heterocycles. The van der Waals surface area contributed by atoms with Crippen molar-refractivity contribution in [3.05, 3.63) is 149 Å². The third-order valence-corrected chi connectivity index (χ3v) is 24.6.